The lowest BCUT2D eigenvalue weighted by atomic mass is 10.2. The molecule has 7 N–H and O–H groups in total. The molecule has 0 fully saturated rings. The summed E-state index contributed by atoms with van der Waals surface area (Å²) in [6.45, 7) is 4.95. The molecule has 0 saturated carbocycles. The summed E-state index contributed by atoms with van der Waals surface area (Å²) in [7, 11) is 0. The Bertz CT molecular complexity index is 798. The molecule has 0 heterocycles. The fraction of sp³-hybridized carbons (Fsp3) is 0.778. The first-order chi connectivity index (χ1) is 20.2. The number of aliphatic carboxylic acids is 1. The first-order valence-electron chi connectivity index (χ1n) is 14.7. The summed E-state index contributed by atoms with van der Waals surface area (Å²) in [5.41, 5.74) is 0. The second kappa shape index (κ2) is 27.8. The van der Waals surface area contributed by atoms with Crippen LogP contribution in [-0.2, 0) is 38.2 Å². The molecule has 0 atom stereocenters. The average Bonchev–Trinajstić information content (AvgIpc) is 2.94. The van der Waals surface area contributed by atoms with E-state index in [-0.39, 0.29) is 68.6 Å². The molecule has 0 aromatic rings. The number of carboxylic acid groups (broad SMARTS) is 1. The normalized spacial score (nSPS) is 10.5. The van der Waals surface area contributed by atoms with Gasteiger partial charge in [0.25, 0.3) is 0 Å². The van der Waals surface area contributed by atoms with E-state index in [1.54, 1.807) is 0 Å². The van der Waals surface area contributed by atoms with E-state index in [1.165, 1.54) is 0 Å². The van der Waals surface area contributed by atoms with Crippen molar-refractivity contribution in [2.24, 2.45) is 0 Å². The molecule has 5 amide bonds. The van der Waals surface area contributed by atoms with Gasteiger partial charge in [0.2, 0.25) is 29.5 Å². The predicted octanol–water partition coefficient (Wildman–Crippen LogP) is -1.19. The SMILES string of the molecule is CCNC(=O)CNCC(=O)NCCOCCOCCC(=O)NCCCCCC(=O)NCC(=O)NCCCCCC(=O)O. The topological polar surface area (TPSA) is 213 Å². The number of rotatable bonds is 28. The van der Waals surface area contributed by atoms with Gasteiger partial charge in [0.1, 0.15) is 0 Å². The van der Waals surface area contributed by atoms with Gasteiger partial charge in [-0.3, -0.25) is 34.1 Å². The number of amides is 5. The molecule has 242 valence electrons. The third-order valence-corrected chi connectivity index (χ3v) is 5.60. The third kappa shape index (κ3) is 28.2. The fourth-order valence-electron chi connectivity index (χ4n) is 3.40. The molecule has 15 nitrogen and oxygen atoms in total. The van der Waals surface area contributed by atoms with Gasteiger partial charge in [-0.2, -0.15) is 0 Å². The highest BCUT2D eigenvalue weighted by Crippen LogP contribution is 2.00. The highest BCUT2D eigenvalue weighted by atomic mass is 16.5. The molecule has 0 radical (unpaired) electrons. The van der Waals surface area contributed by atoms with Crippen LogP contribution in [0.4, 0.5) is 0 Å². The third-order valence-electron chi connectivity index (χ3n) is 5.60. The molecule has 0 bridgehead atoms. The van der Waals surface area contributed by atoms with E-state index in [1.807, 2.05) is 6.92 Å². The molecular formula is C27H50N6O9. The number of hydrogen-bond acceptors (Lipinski definition) is 9. The molecule has 0 spiro atoms. The lowest BCUT2D eigenvalue weighted by Crippen LogP contribution is -2.40. The Hall–Kier alpha value is -3.30. The van der Waals surface area contributed by atoms with Gasteiger partial charge in [-0.25, -0.2) is 0 Å². The Balaban J connectivity index is 3.46. The van der Waals surface area contributed by atoms with Crippen molar-refractivity contribution in [3.8, 4) is 0 Å². The van der Waals surface area contributed by atoms with Gasteiger partial charge in [-0.15, -0.1) is 0 Å². The number of nitrogens with one attached hydrogen (secondary N) is 6. The molecule has 0 rings (SSSR count). The first kappa shape index (κ1) is 38.7. The van der Waals surface area contributed by atoms with E-state index in [2.05, 4.69) is 31.9 Å². The van der Waals surface area contributed by atoms with Crippen molar-refractivity contribution in [3.05, 3.63) is 0 Å². The molecule has 42 heavy (non-hydrogen) atoms. The van der Waals surface area contributed by atoms with Crippen LogP contribution in [0.15, 0.2) is 0 Å². The van der Waals surface area contributed by atoms with Crippen molar-refractivity contribution in [3.63, 3.8) is 0 Å². The van der Waals surface area contributed by atoms with Gasteiger partial charge in [0, 0.05) is 45.4 Å². The lowest BCUT2D eigenvalue weighted by molar-refractivity contribution is -0.137. The van der Waals surface area contributed by atoms with E-state index in [9.17, 15) is 28.8 Å². The van der Waals surface area contributed by atoms with E-state index >= 15 is 0 Å². The van der Waals surface area contributed by atoms with Crippen LogP contribution in [0.2, 0.25) is 0 Å². The van der Waals surface area contributed by atoms with Gasteiger partial charge in [-0.1, -0.05) is 12.8 Å². The van der Waals surface area contributed by atoms with Crippen LogP contribution in [-0.4, -0.2) is 113 Å². The van der Waals surface area contributed by atoms with Gasteiger partial charge in [-0.05, 0) is 32.6 Å². The zero-order valence-corrected chi connectivity index (χ0v) is 24.9. The number of carbonyl (C=O) groups excluding carboxylic acids is 5. The van der Waals surface area contributed by atoms with E-state index < -0.39 is 5.97 Å². The van der Waals surface area contributed by atoms with E-state index in [0.29, 0.717) is 71.7 Å². The first-order valence-corrected chi connectivity index (χ1v) is 14.7. The fourth-order valence-corrected chi connectivity index (χ4v) is 3.40. The minimum atomic E-state index is -0.827. The predicted molar refractivity (Wildman–Crippen MR) is 154 cm³/mol. The number of carbonyl (C=O) groups is 6. The number of carboxylic acids is 1. The minimum Gasteiger partial charge on any atom is -0.481 e. The average molecular weight is 603 g/mol. The molecular weight excluding hydrogens is 552 g/mol. The Labute approximate surface area is 248 Å². The molecule has 0 aliphatic heterocycles. The lowest BCUT2D eigenvalue weighted by Gasteiger charge is -2.09. The molecule has 0 aromatic heterocycles. The molecule has 15 heteroatoms. The van der Waals surface area contributed by atoms with Crippen molar-refractivity contribution in [1.82, 2.24) is 31.9 Å². The zero-order valence-electron chi connectivity index (χ0n) is 24.9. The van der Waals surface area contributed by atoms with Crippen LogP contribution in [0.25, 0.3) is 0 Å². The van der Waals surface area contributed by atoms with Gasteiger partial charge in [0.05, 0.1) is 46.1 Å². The Kier molecular flexibility index (Phi) is 25.7. The zero-order chi connectivity index (χ0) is 31.3. The minimum absolute atomic E-state index is 0.0450. The summed E-state index contributed by atoms with van der Waals surface area (Å²) in [5, 5.41) is 24.7. The number of hydrogen-bond donors (Lipinski definition) is 7. The Morgan fingerprint density at radius 2 is 1.02 bits per heavy atom. The highest BCUT2D eigenvalue weighted by Gasteiger charge is 2.06. The van der Waals surface area contributed by atoms with E-state index in [4.69, 9.17) is 14.6 Å². The standard InChI is InChI=1S/C27H50N6O9/c1-2-29-24(36)19-28-20-25(37)32-14-16-42-18-17-41-15-11-23(35)30-12-7-3-5-9-22(34)33-21-26(38)31-13-8-4-6-10-27(39)40/h28H,2-21H2,1H3,(H,29,36)(H,30,35)(H,31,38)(H,32,37)(H,33,34)(H,39,40). The van der Waals surface area contributed by atoms with E-state index in [0.717, 1.165) is 19.3 Å². The molecule has 0 aliphatic carbocycles. The summed E-state index contributed by atoms with van der Waals surface area (Å²) < 4.78 is 10.7. The summed E-state index contributed by atoms with van der Waals surface area (Å²) in [4.78, 5) is 68.7. The Morgan fingerprint density at radius 3 is 1.67 bits per heavy atom. The van der Waals surface area contributed by atoms with Crippen LogP contribution >= 0.6 is 0 Å². The Morgan fingerprint density at radius 1 is 0.500 bits per heavy atom. The monoisotopic (exact) mass is 602 g/mol. The summed E-state index contributed by atoms with van der Waals surface area (Å²) >= 11 is 0. The largest absolute Gasteiger partial charge is 0.481 e. The van der Waals surface area contributed by atoms with Crippen LogP contribution < -0.4 is 31.9 Å². The molecule has 0 unspecified atom stereocenters. The summed E-state index contributed by atoms with van der Waals surface area (Å²) in [5.74, 6) is -1.82. The number of likely N-dealkylation sites (N-methyl/N-ethyl adjacent to an activating group) is 1. The quantitative estimate of drug-likeness (QED) is 0.0532. The van der Waals surface area contributed by atoms with Crippen molar-refractivity contribution in [2.45, 2.75) is 64.7 Å². The van der Waals surface area contributed by atoms with Crippen molar-refractivity contribution < 1.29 is 43.3 Å². The maximum absolute atomic E-state index is 11.9. The maximum atomic E-state index is 11.9. The van der Waals surface area contributed by atoms with Crippen LogP contribution in [0, 0.1) is 0 Å². The summed E-state index contributed by atoms with van der Waals surface area (Å²) in [6, 6.07) is 0. The summed E-state index contributed by atoms with van der Waals surface area (Å²) in [6.07, 6.45) is 4.78. The molecule has 0 saturated heterocycles. The van der Waals surface area contributed by atoms with Crippen molar-refractivity contribution >= 4 is 35.5 Å². The van der Waals surface area contributed by atoms with Gasteiger partial charge >= 0.3 is 5.97 Å². The van der Waals surface area contributed by atoms with Crippen molar-refractivity contribution in [1.29, 1.82) is 0 Å². The van der Waals surface area contributed by atoms with Crippen molar-refractivity contribution in [2.75, 3.05) is 72.2 Å². The second-order valence-electron chi connectivity index (χ2n) is 9.37. The van der Waals surface area contributed by atoms with Gasteiger partial charge < -0.3 is 41.2 Å². The van der Waals surface area contributed by atoms with Crippen LogP contribution in [0.5, 0.6) is 0 Å². The van der Waals surface area contributed by atoms with Crippen LogP contribution in [0.1, 0.15) is 64.7 Å². The number of unbranched alkanes of at least 4 members (excludes halogenated alkanes) is 4. The number of ether oxygens (including phenoxy) is 2. The molecule has 0 aromatic carbocycles. The van der Waals surface area contributed by atoms with Crippen LogP contribution in [0.3, 0.4) is 0 Å². The second-order valence-corrected chi connectivity index (χ2v) is 9.37. The smallest absolute Gasteiger partial charge is 0.303 e. The maximum Gasteiger partial charge on any atom is 0.303 e. The molecule has 0 aliphatic rings. The highest BCUT2D eigenvalue weighted by molar-refractivity contribution is 5.84. The van der Waals surface area contributed by atoms with Gasteiger partial charge in [0.15, 0.2) is 0 Å².